The number of rotatable bonds is 1. The van der Waals surface area contributed by atoms with Crippen LogP contribution in [-0.2, 0) is 4.74 Å². The zero-order chi connectivity index (χ0) is 10.7. The van der Waals surface area contributed by atoms with E-state index < -0.39 is 0 Å². The van der Waals surface area contributed by atoms with Gasteiger partial charge >= 0.3 is 12.0 Å². The van der Waals surface area contributed by atoms with Crippen molar-refractivity contribution in [2.45, 2.75) is 6.92 Å². The number of carbonyl (C=O) groups is 1. The molecule has 1 aromatic rings. The maximum Gasteiger partial charge on any atom is 0.325 e. The number of hydrogen-bond acceptors (Lipinski definition) is 5. The number of morpholine rings is 1. The van der Waals surface area contributed by atoms with E-state index in [0.29, 0.717) is 32.2 Å². The Morgan fingerprint density at radius 2 is 2.13 bits per heavy atom. The predicted molar refractivity (Wildman–Crippen MR) is 50.4 cm³/mol. The fourth-order valence-electron chi connectivity index (χ4n) is 1.28. The second kappa shape index (κ2) is 4.26. The smallest absolute Gasteiger partial charge is 0.325 e. The Bertz CT molecular complexity index is 345. The first-order valence-corrected chi connectivity index (χ1v) is 4.69. The molecule has 0 aliphatic carbocycles. The van der Waals surface area contributed by atoms with Crippen LogP contribution in [0.3, 0.4) is 0 Å². The molecule has 2 heterocycles. The molecular formula is C8H12N4O3. The Morgan fingerprint density at radius 3 is 2.73 bits per heavy atom. The lowest BCUT2D eigenvalue weighted by molar-refractivity contribution is 0.0563. The number of aryl methyl sites for hydroxylation is 1. The number of urea groups is 1. The molecule has 2 amide bonds. The number of amides is 2. The second-order valence-electron chi connectivity index (χ2n) is 3.16. The van der Waals surface area contributed by atoms with E-state index in [1.54, 1.807) is 11.8 Å². The highest BCUT2D eigenvalue weighted by Crippen LogP contribution is 2.06. The predicted octanol–water partition coefficient (Wildman–Crippen LogP) is 0.242. The molecule has 0 atom stereocenters. The first kappa shape index (κ1) is 9.91. The Morgan fingerprint density at radius 1 is 1.40 bits per heavy atom. The van der Waals surface area contributed by atoms with Gasteiger partial charge in [0.1, 0.15) is 0 Å². The highest BCUT2D eigenvalue weighted by Gasteiger charge is 2.18. The van der Waals surface area contributed by atoms with Crippen LogP contribution in [0.25, 0.3) is 0 Å². The van der Waals surface area contributed by atoms with Gasteiger partial charge in [-0.3, -0.25) is 5.32 Å². The van der Waals surface area contributed by atoms with Crippen molar-refractivity contribution >= 4 is 12.0 Å². The summed E-state index contributed by atoms with van der Waals surface area (Å²) in [5.41, 5.74) is 0. The highest BCUT2D eigenvalue weighted by molar-refractivity contribution is 5.87. The van der Waals surface area contributed by atoms with Crippen LogP contribution in [0.4, 0.5) is 10.8 Å². The van der Waals surface area contributed by atoms with Crippen LogP contribution < -0.4 is 5.32 Å². The van der Waals surface area contributed by atoms with Crippen molar-refractivity contribution < 1.29 is 13.9 Å². The normalized spacial score (nSPS) is 16.5. The van der Waals surface area contributed by atoms with Crippen molar-refractivity contribution in [3.8, 4) is 0 Å². The van der Waals surface area contributed by atoms with Crippen LogP contribution in [0.5, 0.6) is 0 Å². The van der Waals surface area contributed by atoms with E-state index in [9.17, 15) is 4.79 Å². The van der Waals surface area contributed by atoms with Crippen LogP contribution in [0, 0.1) is 6.92 Å². The van der Waals surface area contributed by atoms with Crippen molar-refractivity contribution in [1.82, 2.24) is 15.1 Å². The number of carbonyl (C=O) groups excluding carboxylic acids is 1. The summed E-state index contributed by atoms with van der Waals surface area (Å²) < 4.78 is 10.2. The third kappa shape index (κ3) is 2.44. The molecule has 0 unspecified atom stereocenters. The lowest BCUT2D eigenvalue weighted by atomic mass is 10.4. The average Bonchev–Trinajstić information content (AvgIpc) is 2.65. The summed E-state index contributed by atoms with van der Waals surface area (Å²) >= 11 is 0. The van der Waals surface area contributed by atoms with E-state index in [4.69, 9.17) is 9.15 Å². The minimum atomic E-state index is -0.234. The Hall–Kier alpha value is -1.63. The summed E-state index contributed by atoms with van der Waals surface area (Å²) in [4.78, 5) is 13.3. The summed E-state index contributed by atoms with van der Waals surface area (Å²) in [6, 6.07) is -0.106. The summed E-state index contributed by atoms with van der Waals surface area (Å²) in [5.74, 6) is 0.423. The molecule has 0 aromatic carbocycles. The van der Waals surface area contributed by atoms with Gasteiger partial charge in [-0.2, -0.15) is 0 Å². The summed E-state index contributed by atoms with van der Waals surface area (Å²) in [6.45, 7) is 3.96. The minimum Gasteiger partial charge on any atom is -0.408 e. The Labute approximate surface area is 86.4 Å². The van der Waals surface area contributed by atoms with E-state index in [-0.39, 0.29) is 12.0 Å². The molecule has 0 radical (unpaired) electrons. The standard InChI is InChI=1S/C8H12N4O3/c1-6-10-11-7(15-6)9-8(13)12-2-4-14-5-3-12/h2-5H2,1H3,(H,9,11,13). The van der Waals surface area contributed by atoms with Crippen LogP contribution >= 0.6 is 0 Å². The molecule has 7 heteroatoms. The number of nitrogens with zero attached hydrogens (tertiary/aromatic N) is 3. The quantitative estimate of drug-likeness (QED) is 0.721. The Balaban J connectivity index is 1.91. The van der Waals surface area contributed by atoms with Crippen LogP contribution in [-0.4, -0.2) is 47.4 Å². The van der Waals surface area contributed by atoms with Gasteiger partial charge in [-0.15, -0.1) is 5.10 Å². The molecule has 1 fully saturated rings. The molecular weight excluding hydrogens is 200 g/mol. The fraction of sp³-hybridized carbons (Fsp3) is 0.625. The van der Waals surface area contributed by atoms with E-state index in [2.05, 4.69) is 15.5 Å². The van der Waals surface area contributed by atoms with Gasteiger partial charge in [0.05, 0.1) is 13.2 Å². The zero-order valence-electron chi connectivity index (χ0n) is 8.39. The lowest BCUT2D eigenvalue weighted by Gasteiger charge is -2.26. The summed E-state index contributed by atoms with van der Waals surface area (Å²) in [5, 5.41) is 9.81. The van der Waals surface area contributed by atoms with Crippen molar-refractivity contribution in [1.29, 1.82) is 0 Å². The summed E-state index contributed by atoms with van der Waals surface area (Å²) in [6.07, 6.45) is 0. The molecule has 82 valence electrons. The molecule has 0 bridgehead atoms. The Kier molecular flexibility index (Phi) is 2.82. The van der Waals surface area contributed by atoms with Gasteiger partial charge in [0.15, 0.2) is 0 Å². The van der Waals surface area contributed by atoms with Crippen LogP contribution in [0.15, 0.2) is 4.42 Å². The second-order valence-corrected chi connectivity index (χ2v) is 3.16. The van der Waals surface area contributed by atoms with Gasteiger partial charge in [-0.25, -0.2) is 4.79 Å². The lowest BCUT2D eigenvalue weighted by Crippen LogP contribution is -2.43. The highest BCUT2D eigenvalue weighted by atomic mass is 16.5. The number of anilines is 1. The topological polar surface area (TPSA) is 80.5 Å². The van der Waals surface area contributed by atoms with Gasteiger partial charge in [0, 0.05) is 20.0 Å². The van der Waals surface area contributed by atoms with Crippen LogP contribution in [0.2, 0.25) is 0 Å². The van der Waals surface area contributed by atoms with Gasteiger partial charge < -0.3 is 14.1 Å². The zero-order valence-corrected chi connectivity index (χ0v) is 8.39. The van der Waals surface area contributed by atoms with Gasteiger partial charge in [-0.1, -0.05) is 5.10 Å². The van der Waals surface area contributed by atoms with E-state index >= 15 is 0 Å². The third-order valence-corrected chi connectivity index (χ3v) is 2.04. The maximum atomic E-state index is 11.6. The van der Waals surface area contributed by atoms with Gasteiger partial charge in [-0.05, 0) is 0 Å². The first-order chi connectivity index (χ1) is 7.25. The molecule has 1 aromatic heterocycles. The average molecular weight is 212 g/mol. The molecule has 7 nitrogen and oxygen atoms in total. The minimum absolute atomic E-state index is 0.129. The molecule has 15 heavy (non-hydrogen) atoms. The van der Waals surface area contributed by atoms with Crippen molar-refractivity contribution in [3.63, 3.8) is 0 Å². The van der Waals surface area contributed by atoms with Crippen molar-refractivity contribution in [3.05, 3.63) is 5.89 Å². The monoisotopic (exact) mass is 212 g/mol. The number of aromatic nitrogens is 2. The molecule has 2 rings (SSSR count). The summed E-state index contributed by atoms with van der Waals surface area (Å²) in [7, 11) is 0. The fourth-order valence-corrected chi connectivity index (χ4v) is 1.28. The van der Waals surface area contributed by atoms with E-state index in [0.717, 1.165) is 0 Å². The molecule has 1 aliphatic rings. The van der Waals surface area contributed by atoms with Gasteiger partial charge in [0.25, 0.3) is 0 Å². The molecule has 1 N–H and O–H groups in total. The maximum absolute atomic E-state index is 11.6. The third-order valence-electron chi connectivity index (χ3n) is 2.04. The largest absolute Gasteiger partial charge is 0.408 e. The number of hydrogen-bond donors (Lipinski definition) is 1. The first-order valence-electron chi connectivity index (χ1n) is 4.69. The number of nitrogens with one attached hydrogen (secondary N) is 1. The number of ether oxygens (including phenoxy) is 1. The van der Waals surface area contributed by atoms with E-state index in [1.165, 1.54) is 0 Å². The molecule has 1 saturated heterocycles. The van der Waals surface area contributed by atoms with E-state index in [1.807, 2.05) is 0 Å². The molecule has 0 saturated carbocycles. The molecule has 1 aliphatic heterocycles. The molecule has 0 spiro atoms. The van der Waals surface area contributed by atoms with Gasteiger partial charge in [0.2, 0.25) is 5.89 Å². The van der Waals surface area contributed by atoms with Crippen LogP contribution in [0.1, 0.15) is 5.89 Å². The SMILES string of the molecule is Cc1nnc(NC(=O)N2CCOCC2)o1. The van der Waals surface area contributed by atoms with Crippen molar-refractivity contribution in [2.75, 3.05) is 31.6 Å². The van der Waals surface area contributed by atoms with Crippen molar-refractivity contribution in [2.24, 2.45) is 0 Å².